The molecular formula is C20H26B2BrN3O6. The lowest BCUT2D eigenvalue weighted by molar-refractivity contribution is -0.119. The van der Waals surface area contributed by atoms with Crippen molar-refractivity contribution in [1.29, 1.82) is 0 Å². The molecule has 0 fully saturated rings. The molecule has 2 aromatic carbocycles. The van der Waals surface area contributed by atoms with E-state index in [0.717, 1.165) is 0 Å². The van der Waals surface area contributed by atoms with Gasteiger partial charge in [0.1, 0.15) is 0 Å². The molecular weight excluding hydrogens is 480 g/mol. The summed E-state index contributed by atoms with van der Waals surface area (Å²) in [5.74, 6) is -0.927. The van der Waals surface area contributed by atoms with E-state index in [1.165, 1.54) is 12.1 Å². The summed E-state index contributed by atoms with van der Waals surface area (Å²) in [7, 11) is -3.36. The molecule has 32 heavy (non-hydrogen) atoms. The lowest BCUT2D eigenvalue weighted by Gasteiger charge is -2.24. The van der Waals surface area contributed by atoms with Gasteiger partial charge in [0, 0.05) is 23.1 Å². The minimum atomic E-state index is -1.73. The molecule has 0 saturated carbocycles. The quantitative estimate of drug-likeness (QED) is 0.158. The molecule has 2 rings (SSSR count). The molecule has 0 aliphatic carbocycles. The van der Waals surface area contributed by atoms with Gasteiger partial charge in [0.05, 0.1) is 6.04 Å². The monoisotopic (exact) mass is 505 g/mol. The number of amides is 2. The van der Waals surface area contributed by atoms with Gasteiger partial charge in [0.15, 0.2) is 0 Å². The molecule has 8 N–H and O–H groups in total. The van der Waals surface area contributed by atoms with Gasteiger partial charge in [-0.1, -0.05) is 40.2 Å². The van der Waals surface area contributed by atoms with Crippen molar-refractivity contribution < 1.29 is 29.7 Å². The molecule has 0 heterocycles. The largest absolute Gasteiger partial charge is 0.488 e. The summed E-state index contributed by atoms with van der Waals surface area (Å²) in [6.07, 6.45) is 1.52. The van der Waals surface area contributed by atoms with Crippen LogP contribution in [0, 0.1) is 0 Å². The van der Waals surface area contributed by atoms with Crippen molar-refractivity contribution in [3.63, 3.8) is 0 Å². The Bertz CT molecular complexity index is 947. The summed E-state index contributed by atoms with van der Waals surface area (Å²) in [5, 5.41) is 37.8. The van der Waals surface area contributed by atoms with Gasteiger partial charge in [0.2, 0.25) is 5.91 Å². The number of hydrogen-bond acceptors (Lipinski definition) is 7. The van der Waals surface area contributed by atoms with E-state index in [9.17, 15) is 29.7 Å². The van der Waals surface area contributed by atoms with Gasteiger partial charge in [0.25, 0.3) is 5.91 Å². The maximum absolute atomic E-state index is 13.3. The summed E-state index contributed by atoms with van der Waals surface area (Å²) in [4.78, 5) is 26.0. The Balaban J connectivity index is 2.24. The van der Waals surface area contributed by atoms with E-state index in [1.54, 1.807) is 35.2 Å². The second-order valence-corrected chi connectivity index (χ2v) is 8.41. The molecule has 0 radical (unpaired) electrons. The number of unbranched alkanes of at least 4 members (excludes halogenated alkanes) is 1. The van der Waals surface area contributed by atoms with Gasteiger partial charge in [-0.05, 0) is 54.0 Å². The summed E-state index contributed by atoms with van der Waals surface area (Å²) < 4.78 is 0.518. The van der Waals surface area contributed by atoms with Gasteiger partial charge >= 0.3 is 14.2 Å². The van der Waals surface area contributed by atoms with Crippen LogP contribution in [0.2, 0.25) is 0 Å². The van der Waals surface area contributed by atoms with Crippen molar-refractivity contribution in [2.75, 3.05) is 6.54 Å². The Morgan fingerprint density at radius 3 is 2.31 bits per heavy atom. The standard InChI is InChI=1S/C20H26B2BrN3O6/c23-17-10-14(9-16(11-17)22(31)32)20(28)26(7-2-1-6-18(24)19(25)27)12-13-4-3-5-15(8-13)21(29)30/h3-5,8-11,18,29-32H,1-2,6-7,12,24H2,(H2,25,27). The van der Waals surface area contributed by atoms with Crippen molar-refractivity contribution in [2.24, 2.45) is 11.5 Å². The molecule has 0 bridgehead atoms. The van der Waals surface area contributed by atoms with Crippen molar-refractivity contribution in [3.05, 3.63) is 58.1 Å². The maximum atomic E-state index is 13.3. The van der Waals surface area contributed by atoms with Crippen molar-refractivity contribution in [1.82, 2.24) is 4.90 Å². The van der Waals surface area contributed by atoms with Crippen molar-refractivity contribution in [3.8, 4) is 0 Å². The average molecular weight is 506 g/mol. The van der Waals surface area contributed by atoms with Gasteiger partial charge in [-0.25, -0.2) is 0 Å². The highest BCUT2D eigenvalue weighted by atomic mass is 79.9. The van der Waals surface area contributed by atoms with Crippen molar-refractivity contribution >= 4 is 52.9 Å². The second kappa shape index (κ2) is 12.1. The highest BCUT2D eigenvalue weighted by Gasteiger charge is 2.21. The third kappa shape index (κ3) is 7.73. The van der Waals surface area contributed by atoms with E-state index >= 15 is 0 Å². The molecule has 0 aliphatic rings. The predicted molar refractivity (Wildman–Crippen MR) is 126 cm³/mol. The Hall–Kier alpha value is -2.21. The zero-order valence-corrected chi connectivity index (χ0v) is 19.0. The number of nitrogens with zero attached hydrogens (tertiary/aromatic N) is 1. The predicted octanol–water partition coefficient (Wildman–Crippen LogP) is -1.57. The summed E-state index contributed by atoms with van der Waals surface area (Å²) in [6, 6.07) is 10.3. The Morgan fingerprint density at radius 2 is 1.69 bits per heavy atom. The molecule has 0 aromatic heterocycles. The van der Waals surface area contributed by atoms with Gasteiger partial charge < -0.3 is 36.5 Å². The molecule has 1 unspecified atom stereocenters. The Kier molecular flexibility index (Phi) is 9.88. The fourth-order valence-electron chi connectivity index (χ4n) is 3.20. The number of primary amides is 1. The number of nitrogens with two attached hydrogens (primary N) is 2. The molecule has 2 aromatic rings. The molecule has 0 aliphatic heterocycles. The SMILES string of the molecule is NC(=O)C(N)CCCCN(Cc1cccc(B(O)O)c1)C(=O)c1cc(Br)cc(B(O)O)c1. The first kappa shape index (κ1) is 26.0. The van der Waals surface area contributed by atoms with Crippen LogP contribution in [0.5, 0.6) is 0 Å². The van der Waals surface area contributed by atoms with E-state index in [4.69, 9.17) is 11.5 Å². The number of halogens is 1. The third-order valence-corrected chi connectivity index (χ3v) is 5.39. The van der Waals surface area contributed by atoms with Gasteiger partial charge in [-0.2, -0.15) is 0 Å². The van der Waals surface area contributed by atoms with E-state index in [-0.39, 0.29) is 23.5 Å². The first-order chi connectivity index (χ1) is 15.1. The van der Waals surface area contributed by atoms with Crippen molar-refractivity contribution in [2.45, 2.75) is 31.8 Å². The van der Waals surface area contributed by atoms with E-state index in [0.29, 0.717) is 41.3 Å². The van der Waals surface area contributed by atoms with Crippen LogP contribution in [0.1, 0.15) is 35.2 Å². The normalized spacial score (nSPS) is 11.7. The minimum absolute atomic E-state index is 0.167. The van der Waals surface area contributed by atoms with Crippen LogP contribution in [-0.4, -0.2) is 63.6 Å². The Morgan fingerprint density at radius 1 is 1.00 bits per heavy atom. The average Bonchev–Trinajstić information content (AvgIpc) is 2.74. The van der Waals surface area contributed by atoms with Crippen LogP contribution >= 0.6 is 15.9 Å². The number of hydrogen-bond donors (Lipinski definition) is 6. The molecule has 12 heteroatoms. The molecule has 9 nitrogen and oxygen atoms in total. The zero-order chi connectivity index (χ0) is 23.8. The number of rotatable bonds is 11. The number of benzene rings is 2. The fourth-order valence-corrected chi connectivity index (χ4v) is 3.71. The molecule has 170 valence electrons. The fraction of sp³-hybridized carbons (Fsp3) is 0.300. The van der Waals surface area contributed by atoms with E-state index < -0.39 is 26.2 Å². The highest BCUT2D eigenvalue weighted by Crippen LogP contribution is 2.16. The molecule has 0 spiro atoms. The topological polar surface area (TPSA) is 170 Å². The molecule has 0 saturated heterocycles. The van der Waals surface area contributed by atoms with E-state index in [1.807, 2.05) is 0 Å². The zero-order valence-electron chi connectivity index (χ0n) is 17.4. The van der Waals surface area contributed by atoms with Crippen LogP contribution in [-0.2, 0) is 11.3 Å². The van der Waals surface area contributed by atoms with E-state index in [2.05, 4.69) is 15.9 Å². The second-order valence-electron chi connectivity index (χ2n) is 7.50. The maximum Gasteiger partial charge on any atom is 0.488 e. The summed E-state index contributed by atoms with van der Waals surface area (Å²) in [5.41, 5.74) is 12.3. The highest BCUT2D eigenvalue weighted by molar-refractivity contribution is 9.10. The minimum Gasteiger partial charge on any atom is -0.423 e. The summed E-state index contributed by atoms with van der Waals surface area (Å²) >= 11 is 3.28. The first-order valence-corrected chi connectivity index (χ1v) is 10.8. The number of carbonyl (C=O) groups excluding carboxylic acids is 2. The summed E-state index contributed by atoms with van der Waals surface area (Å²) in [6.45, 7) is 0.518. The molecule has 1 atom stereocenters. The van der Waals surface area contributed by atoms with Gasteiger partial charge in [-0.15, -0.1) is 0 Å². The number of carbonyl (C=O) groups is 2. The molecule has 2 amide bonds. The smallest absolute Gasteiger partial charge is 0.423 e. The lowest BCUT2D eigenvalue weighted by Crippen LogP contribution is -2.37. The van der Waals surface area contributed by atoms with Crippen LogP contribution in [0.15, 0.2) is 46.9 Å². The van der Waals surface area contributed by atoms with Crippen LogP contribution in [0.3, 0.4) is 0 Å². The van der Waals surface area contributed by atoms with Crippen LogP contribution < -0.4 is 22.4 Å². The lowest BCUT2D eigenvalue weighted by atomic mass is 9.79. The first-order valence-electron chi connectivity index (χ1n) is 10.0. The van der Waals surface area contributed by atoms with Crippen LogP contribution in [0.4, 0.5) is 0 Å². The third-order valence-electron chi connectivity index (χ3n) is 4.93. The van der Waals surface area contributed by atoms with Gasteiger partial charge in [-0.3, -0.25) is 9.59 Å². The Labute approximate surface area is 195 Å². The van der Waals surface area contributed by atoms with Crippen LogP contribution in [0.25, 0.3) is 0 Å².